The number of rotatable bonds is 8. The molecule has 0 atom stereocenters. The zero-order valence-electron chi connectivity index (χ0n) is 16.6. The van der Waals surface area contributed by atoms with Gasteiger partial charge in [-0.1, -0.05) is 17.7 Å². The summed E-state index contributed by atoms with van der Waals surface area (Å²) >= 11 is 0. The van der Waals surface area contributed by atoms with E-state index >= 15 is 0 Å². The van der Waals surface area contributed by atoms with Crippen molar-refractivity contribution >= 4 is 23.4 Å². The van der Waals surface area contributed by atoms with Crippen molar-refractivity contribution in [3.8, 4) is 5.75 Å². The molecular weight excluding hydrogens is 370 g/mol. The fourth-order valence-corrected chi connectivity index (χ4v) is 2.88. The van der Waals surface area contributed by atoms with Gasteiger partial charge in [-0.25, -0.2) is 0 Å². The first-order valence-electron chi connectivity index (χ1n) is 9.54. The van der Waals surface area contributed by atoms with Crippen molar-refractivity contribution < 1.29 is 19.1 Å². The van der Waals surface area contributed by atoms with Gasteiger partial charge in [0.2, 0.25) is 11.8 Å². The van der Waals surface area contributed by atoms with Crippen LogP contribution in [0.4, 0.5) is 5.69 Å². The number of hydrogen-bond acceptors (Lipinski definition) is 4. The average Bonchev–Trinajstić information content (AvgIpc) is 3.56. The molecule has 0 heterocycles. The molecule has 2 aromatic rings. The van der Waals surface area contributed by atoms with E-state index in [-0.39, 0.29) is 36.9 Å². The van der Waals surface area contributed by atoms with Crippen LogP contribution in [0.25, 0.3) is 0 Å². The predicted octanol–water partition coefficient (Wildman–Crippen LogP) is 2.36. The Morgan fingerprint density at radius 2 is 1.66 bits per heavy atom. The lowest BCUT2D eigenvalue weighted by molar-refractivity contribution is -0.124. The minimum Gasteiger partial charge on any atom is -0.497 e. The van der Waals surface area contributed by atoms with Crippen molar-refractivity contribution in [1.29, 1.82) is 0 Å². The Kier molecular flexibility index (Phi) is 6.49. The van der Waals surface area contributed by atoms with Gasteiger partial charge in [0.05, 0.1) is 13.7 Å². The Morgan fingerprint density at radius 3 is 2.24 bits per heavy atom. The summed E-state index contributed by atoms with van der Waals surface area (Å²) in [6.07, 6.45) is 1.78. The van der Waals surface area contributed by atoms with Crippen LogP contribution < -0.4 is 15.4 Å². The van der Waals surface area contributed by atoms with E-state index in [0.717, 1.165) is 18.4 Å². The molecule has 7 heteroatoms. The van der Waals surface area contributed by atoms with Crippen LogP contribution in [0, 0.1) is 6.92 Å². The molecule has 7 nitrogen and oxygen atoms in total. The molecule has 1 fully saturated rings. The Morgan fingerprint density at radius 1 is 1.00 bits per heavy atom. The number of nitrogens with zero attached hydrogens (tertiary/aromatic N) is 1. The molecule has 1 aliphatic carbocycles. The number of aryl methyl sites for hydroxylation is 1. The molecule has 0 spiro atoms. The first kappa shape index (κ1) is 20.4. The Balaban J connectivity index is 1.50. The minimum absolute atomic E-state index is 0.0623. The van der Waals surface area contributed by atoms with Gasteiger partial charge >= 0.3 is 0 Å². The van der Waals surface area contributed by atoms with Crippen molar-refractivity contribution in [2.24, 2.45) is 0 Å². The lowest BCUT2D eigenvalue weighted by Gasteiger charge is -2.22. The second kappa shape index (κ2) is 9.23. The molecule has 152 valence electrons. The first-order valence-corrected chi connectivity index (χ1v) is 9.54. The van der Waals surface area contributed by atoms with Gasteiger partial charge in [-0.15, -0.1) is 0 Å². The maximum absolute atomic E-state index is 12.8. The van der Waals surface area contributed by atoms with Crippen molar-refractivity contribution in [2.75, 3.05) is 25.5 Å². The zero-order valence-corrected chi connectivity index (χ0v) is 16.6. The summed E-state index contributed by atoms with van der Waals surface area (Å²) in [5, 5.41) is 5.29. The number of amides is 3. The summed E-state index contributed by atoms with van der Waals surface area (Å²) in [7, 11) is 1.57. The summed E-state index contributed by atoms with van der Waals surface area (Å²) < 4.78 is 5.07. The minimum atomic E-state index is -0.359. The SMILES string of the molecule is COc1ccc(NC(=O)CNC(=O)CN(C(=O)c2ccc(C)cc2)C2CC2)cc1. The van der Waals surface area contributed by atoms with Crippen LogP contribution in [0.5, 0.6) is 5.75 Å². The number of carbonyl (C=O) groups is 3. The standard InChI is InChI=1S/C22H25N3O4/c1-15-3-5-16(6-4-15)22(28)25(18-9-10-18)14-21(27)23-13-20(26)24-17-7-11-19(29-2)12-8-17/h3-8,11-12,18H,9-10,13-14H2,1-2H3,(H,23,27)(H,24,26). The van der Waals surface area contributed by atoms with Crippen LogP contribution in [-0.4, -0.2) is 48.9 Å². The lowest BCUT2D eigenvalue weighted by atomic mass is 10.1. The monoisotopic (exact) mass is 395 g/mol. The highest BCUT2D eigenvalue weighted by Gasteiger charge is 2.34. The predicted molar refractivity (Wildman–Crippen MR) is 110 cm³/mol. The van der Waals surface area contributed by atoms with Crippen molar-refractivity contribution in [3.63, 3.8) is 0 Å². The van der Waals surface area contributed by atoms with E-state index in [9.17, 15) is 14.4 Å². The smallest absolute Gasteiger partial charge is 0.254 e. The number of anilines is 1. The molecule has 2 N–H and O–H groups in total. The van der Waals surface area contributed by atoms with Gasteiger partial charge < -0.3 is 20.3 Å². The molecular formula is C22H25N3O4. The number of hydrogen-bond donors (Lipinski definition) is 2. The number of methoxy groups -OCH3 is 1. The van der Waals surface area contributed by atoms with Crippen molar-refractivity contribution in [3.05, 3.63) is 59.7 Å². The van der Waals surface area contributed by atoms with Crippen LogP contribution in [0.1, 0.15) is 28.8 Å². The maximum atomic E-state index is 12.8. The van der Waals surface area contributed by atoms with E-state index in [1.54, 1.807) is 48.4 Å². The summed E-state index contributed by atoms with van der Waals surface area (Å²) in [6, 6.07) is 14.3. The van der Waals surface area contributed by atoms with E-state index in [2.05, 4.69) is 10.6 Å². The largest absolute Gasteiger partial charge is 0.497 e. The molecule has 0 unspecified atom stereocenters. The van der Waals surface area contributed by atoms with Crippen LogP contribution in [0.3, 0.4) is 0 Å². The van der Waals surface area contributed by atoms with Crippen molar-refractivity contribution in [1.82, 2.24) is 10.2 Å². The van der Waals surface area contributed by atoms with Crippen LogP contribution >= 0.6 is 0 Å². The Labute approximate surface area is 170 Å². The molecule has 0 aliphatic heterocycles. The molecule has 1 saturated carbocycles. The van der Waals surface area contributed by atoms with E-state index in [1.807, 2.05) is 19.1 Å². The van der Waals surface area contributed by atoms with Gasteiger partial charge in [0.25, 0.3) is 5.91 Å². The highest BCUT2D eigenvalue weighted by molar-refractivity contribution is 5.98. The third-order valence-corrected chi connectivity index (χ3v) is 4.68. The van der Waals surface area contributed by atoms with Gasteiger partial charge in [-0.05, 0) is 56.2 Å². The van der Waals surface area contributed by atoms with Crippen LogP contribution in [0.2, 0.25) is 0 Å². The van der Waals surface area contributed by atoms with Gasteiger partial charge in [0.1, 0.15) is 12.3 Å². The normalized spacial score (nSPS) is 12.8. The van der Waals surface area contributed by atoms with Gasteiger partial charge in [0.15, 0.2) is 0 Å². The molecule has 0 saturated heterocycles. The Bertz CT molecular complexity index is 874. The number of ether oxygens (including phenoxy) is 1. The van der Waals surface area contributed by atoms with Gasteiger partial charge in [0, 0.05) is 17.3 Å². The van der Waals surface area contributed by atoms with E-state index in [4.69, 9.17) is 4.74 Å². The molecule has 2 aromatic carbocycles. The van der Waals surface area contributed by atoms with Gasteiger partial charge in [-0.2, -0.15) is 0 Å². The molecule has 29 heavy (non-hydrogen) atoms. The third-order valence-electron chi connectivity index (χ3n) is 4.68. The van der Waals surface area contributed by atoms with E-state index in [1.165, 1.54) is 0 Å². The van der Waals surface area contributed by atoms with E-state index < -0.39 is 0 Å². The highest BCUT2D eigenvalue weighted by atomic mass is 16.5. The zero-order chi connectivity index (χ0) is 20.8. The summed E-state index contributed by atoms with van der Waals surface area (Å²) in [4.78, 5) is 38.7. The third kappa shape index (κ3) is 5.81. The molecule has 1 aliphatic rings. The molecule has 3 amide bonds. The second-order valence-corrected chi connectivity index (χ2v) is 7.08. The summed E-state index contributed by atoms with van der Waals surface area (Å²) in [5.41, 5.74) is 2.24. The number of carbonyl (C=O) groups excluding carboxylic acids is 3. The topological polar surface area (TPSA) is 87.7 Å². The second-order valence-electron chi connectivity index (χ2n) is 7.08. The fourth-order valence-electron chi connectivity index (χ4n) is 2.88. The van der Waals surface area contributed by atoms with Crippen LogP contribution in [0.15, 0.2) is 48.5 Å². The van der Waals surface area contributed by atoms with Gasteiger partial charge in [-0.3, -0.25) is 14.4 Å². The fraction of sp³-hybridized carbons (Fsp3) is 0.318. The van der Waals surface area contributed by atoms with E-state index in [0.29, 0.717) is 17.0 Å². The molecule has 3 rings (SSSR count). The Hall–Kier alpha value is -3.35. The van der Waals surface area contributed by atoms with Crippen molar-refractivity contribution in [2.45, 2.75) is 25.8 Å². The lowest BCUT2D eigenvalue weighted by Crippen LogP contribution is -2.43. The quantitative estimate of drug-likeness (QED) is 0.718. The maximum Gasteiger partial charge on any atom is 0.254 e. The van der Waals surface area contributed by atoms with Crippen LogP contribution in [-0.2, 0) is 9.59 Å². The summed E-state index contributed by atoms with van der Waals surface area (Å²) in [6.45, 7) is 1.73. The first-order chi connectivity index (χ1) is 14.0. The number of benzene rings is 2. The number of nitrogens with one attached hydrogen (secondary N) is 2. The molecule has 0 aromatic heterocycles. The highest BCUT2D eigenvalue weighted by Crippen LogP contribution is 2.28. The molecule has 0 bridgehead atoms. The average molecular weight is 395 g/mol. The summed E-state index contributed by atoms with van der Waals surface area (Å²) in [5.74, 6) is -0.173. The molecule has 0 radical (unpaired) electrons.